The fourth-order valence-electron chi connectivity index (χ4n) is 2.83. The molecule has 0 saturated carbocycles. The average Bonchev–Trinajstić information content (AvgIpc) is 2.57. The van der Waals surface area contributed by atoms with Gasteiger partial charge in [-0.1, -0.05) is 0 Å². The molecular formula is C16H22N2O3S. The molecule has 1 aromatic rings. The second kappa shape index (κ2) is 6.89. The van der Waals surface area contributed by atoms with Gasteiger partial charge in [0.1, 0.15) is 0 Å². The number of likely N-dealkylation sites (tertiary alicyclic amines) is 1. The molecular weight excluding hydrogens is 300 g/mol. The average molecular weight is 322 g/mol. The summed E-state index contributed by atoms with van der Waals surface area (Å²) in [5, 5.41) is 2.95. The van der Waals surface area contributed by atoms with Crippen molar-refractivity contribution in [2.45, 2.75) is 29.9 Å². The third-order valence-corrected chi connectivity index (χ3v) is 4.92. The highest BCUT2D eigenvalue weighted by molar-refractivity contribution is 7.98. The van der Waals surface area contributed by atoms with Crippen LogP contribution in [-0.4, -0.2) is 49.3 Å². The molecule has 0 aliphatic carbocycles. The number of rotatable bonds is 2. The van der Waals surface area contributed by atoms with Crippen molar-refractivity contribution in [3.63, 3.8) is 0 Å². The summed E-state index contributed by atoms with van der Waals surface area (Å²) in [7, 11) is 0. The summed E-state index contributed by atoms with van der Waals surface area (Å²) in [6, 6.07) is 7.83. The van der Waals surface area contributed by atoms with Gasteiger partial charge in [-0.15, -0.1) is 11.8 Å². The fraction of sp³-hybridized carbons (Fsp3) is 0.562. The number of hydrogen-bond acceptors (Lipinski definition) is 4. The maximum Gasteiger partial charge on any atom is 0.321 e. The number of benzene rings is 1. The number of piperidine rings is 1. The van der Waals surface area contributed by atoms with Crippen molar-refractivity contribution >= 4 is 23.5 Å². The zero-order chi connectivity index (χ0) is 15.4. The summed E-state index contributed by atoms with van der Waals surface area (Å²) in [5.74, 6) is -0.449. The lowest BCUT2D eigenvalue weighted by atomic mass is 10.0. The minimum absolute atomic E-state index is 0.0532. The lowest BCUT2D eigenvalue weighted by molar-refractivity contribution is -0.281. The van der Waals surface area contributed by atoms with Gasteiger partial charge in [0.2, 0.25) is 0 Å². The number of anilines is 1. The van der Waals surface area contributed by atoms with Crippen LogP contribution in [0.2, 0.25) is 0 Å². The van der Waals surface area contributed by atoms with Gasteiger partial charge in [0.15, 0.2) is 5.79 Å². The summed E-state index contributed by atoms with van der Waals surface area (Å²) in [5.41, 5.74) is 0.827. The molecule has 2 fully saturated rings. The third kappa shape index (κ3) is 3.56. The summed E-state index contributed by atoms with van der Waals surface area (Å²) in [4.78, 5) is 15.3. The topological polar surface area (TPSA) is 50.8 Å². The van der Waals surface area contributed by atoms with Crippen LogP contribution in [0.1, 0.15) is 19.3 Å². The quantitative estimate of drug-likeness (QED) is 0.850. The number of nitrogens with zero attached hydrogens (tertiary/aromatic N) is 1. The van der Waals surface area contributed by atoms with E-state index in [9.17, 15) is 4.79 Å². The van der Waals surface area contributed by atoms with Crippen LogP contribution in [0.3, 0.4) is 0 Å². The molecule has 0 unspecified atom stereocenters. The Morgan fingerprint density at radius 1 is 1.18 bits per heavy atom. The summed E-state index contributed by atoms with van der Waals surface area (Å²) < 4.78 is 11.6. The van der Waals surface area contributed by atoms with Crippen LogP contribution in [0.15, 0.2) is 29.2 Å². The van der Waals surface area contributed by atoms with E-state index in [1.54, 1.807) is 11.8 Å². The maximum absolute atomic E-state index is 12.3. The van der Waals surface area contributed by atoms with Crippen LogP contribution in [-0.2, 0) is 9.47 Å². The van der Waals surface area contributed by atoms with Gasteiger partial charge in [-0.2, -0.15) is 0 Å². The Hall–Kier alpha value is -1.24. The van der Waals surface area contributed by atoms with E-state index in [-0.39, 0.29) is 6.03 Å². The van der Waals surface area contributed by atoms with E-state index < -0.39 is 5.79 Å². The van der Waals surface area contributed by atoms with E-state index in [1.807, 2.05) is 35.4 Å². The van der Waals surface area contributed by atoms with E-state index in [2.05, 4.69) is 5.32 Å². The van der Waals surface area contributed by atoms with Crippen molar-refractivity contribution in [3.05, 3.63) is 24.3 Å². The van der Waals surface area contributed by atoms with Crippen molar-refractivity contribution in [1.82, 2.24) is 4.90 Å². The monoisotopic (exact) mass is 322 g/mol. The molecule has 2 amide bonds. The van der Waals surface area contributed by atoms with Crippen LogP contribution < -0.4 is 5.32 Å². The largest absolute Gasteiger partial charge is 0.350 e. The zero-order valence-corrected chi connectivity index (χ0v) is 13.7. The van der Waals surface area contributed by atoms with Gasteiger partial charge in [-0.05, 0) is 36.9 Å². The first kappa shape index (κ1) is 15.6. The van der Waals surface area contributed by atoms with E-state index in [0.29, 0.717) is 13.1 Å². The summed E-state index contributed by atoms with van der Waals surface area (Å²) in [6.45, 7) is 2.84. The van der Waals surface area contributed by atoms with Crippen LogP contribution >= 0.6 is 11.8 Å². The summed E-state index contributed by atoms with van der Waals surface area (Å²) in [6.07, 6.45) is 4.47. The maximum atomic E-state index is 12.3. The van der Waals surface area contributed by atoms with Gasteiger partial charge < -0.3 is 19.7 Å². The first-order chi connectivity index (χ1) is 10.7. The molecule has 6 heteroatoms. The predicted molar refractivity (Wildman–Crippen MR) is 87.3 cm³/mol. The Labute approximate surface area is 135 Å². The highest BCUT2D eigenvalue weighted by Crippen LogP contribution is 2.31. The molecule has 1 N–H and O–H groups in total. The highest BCUT2D eigenvalue weighted by atomic mass is 32.2. The van der Waals surface area contributed by atoms with Gasteiger partial charge in [0, 0.05) is 36.5 Å². The van der Waals surface area contributed by atoms with Crippen LogP contribution in [0.5, 0.6) is 0 Å². The van der Waals surface area contributed by atoms with E-state index >= 15 is 0 Å². The molecule has 0 aromatic heterocycles. The molecule has 1 aromatic carbocycles. The first-order valence-electron chi connectivity index (χ1n) is 7.69. The first-order valence-corrected chi connectivity index (χ1v) is 8.91. The Bertz CT molecular complexity index is 505. The number of thioether (sulfide) groups is 1. The van der Waals surface area contributed by atoms with Crippen molar-refractivity contribution in [2.24, 2.45) is 0 Å². The van der Waals surface area contributed by atoms with Gasteiger partial charge in [-0.3, -0.25) is 0 Å². The Morgan fingerprint density at radius 3 is 2.41 bits per heavy atom. The van der Waals surface area contributed by atoms with Crippen LogP contribution in [0.25, 0.3) is 0 Å². The van der Waals surface area contributed by atoms with E-state index in [0.717, 1.165) is 38.2 Å². The number of carbonyl (C=O) groups is 1. The number of hydrogen-bond donors (Lipinski definition) is 1. The Balaban J connectivity index is 1.53. The number of nitrogens with one attached hydrogen (secondary N) is 1. The molecule has 2 heterocycles. The minimum atomic E-state index is -0.449. The van der Waals surface area contributed by atoms with E-state index in [4.69, 9.17) is 9.47 Å². The van der Waals surface area contributed by atoms with Crippen molar-refractivity contribution < 1.29 is 14.3 Å². The lowest BCUT2D eigenvalue weighted by Crippen LogP contribution is -2.52. The Kier molecular flexibility index (Phi) is 4.90. The zero-order valence-electron chi connectivity index (χ0n) is 12.8. The molecule has 2 aliphatic rings. The van der Waals surface area contributed by atoms with Gasteiger partial charge in [-0.25, -0.2) is 4.79 Å². The van der Waals surface area contributed by atoms with Gasteiger partial charge in [0.05, 0.1) is 13.2 Å². The predicted octanol–water partition coefficient (Wildman–Crippen LogP) is 3.17. The third-order valence-electron chi connectivity index (χ3n) is 4.17. The standard InChI is InChI=1S/C16H22N2O3S/c1-22-14-5-3-13(4-6-14)17-15(19)18-9-7-16(8-10-18)20-11-2-12-21-16/h3-6H,2,7-12H2,1H3,(H,17,19). The van der Waals surface area contributed by atoms with Crippen molar-refractivity contribution in [1.29, 1.82) is 0 Å². The Morgan fingerprint density at radius 2 is 1.82 bits per heavy atom. The molecule has 3 rings (SSSR count). The molecule has 0 bridgehead atoms. The number of carbonyl (C=O) groups excluding carboxylic acids is 1. The molecule has 5 nitrogen and oxygen atoms in total. The minimum Gasteiger partial charge on any atom is -0.350 e. The molecule has 22 heavy (non-hydrogen) atoms. The molecule has 2 aliphatic heterocycles. The van der Waals surface area contributed by atoms with Crippen LogP contribution in [0.4, 0.5) is 10.5 Å². The highest BCUT2D eigenvalue weighted by Gasteiger charge is 2.39. The second-order valence-electron chi connectivity index (χ2n) is 5.61. The van der Waals surface area contributed by atoms with Crippen molar-refractivity contribution in [3.8, 4) is 0 Å². The number of ether oxygens (including phenoxy) is 2. The van der Waals surface area contributed by atoms with Crippen molar-refractivity contribution in [2.75, 3.05) is 37.9 Å². The lowest BCUT2D eigenvalue weighted by Gasteiger charge is -2.43. The van der Waals surface area contributed by atoms with Crippen LogP contribution in [0, 0.1) is 0 Å². The van der Waals surface area contributed by atoms with E-state index in [1.165, 1.54) is 4.90 Å². The molecule has 120 valence electrons. The molecule has 2 saturated heterocycles. The SMILES string of the molecule is CSc1ccc(NC(=O)N2CCC3(CC2)OCCCO3)cc1. The number of urea groups is 1. The van der Waals surface area contributed by atoms with Gasteiger partial charge >= 0.3 is 6.03 Å². The normalized spacial score (nSPS) is 20.9. The second-order valence-corrected chi connectivity index (χ2v) is 6.49. The molecule has 0 atom stereocenters. The smallest absolute Gasteiger partial charge is 0.321 e. The summed E-state index contributed by atoms with van der Waals surface area (Å²) >= 11 is 1.69. The molecule has 0 radical (unpaired) electrons. The molecule has 1 spiro atoms. The fourth-order valence-corrected chi connectivity index (χ4v) is 3.24. The number of amides is 2. The van der Waals surface area contributed by atoms with Gasteiger partial charge in [0.25, 0.3) is 0 Å².